The van der Waals surface area contributed by atoms with E-state index in [-0.39, 0.29) is 11.8 Å². The van der Waals surface area contributed by atoms with Crippen LogP contribution in [0.25, 0.3) is 0 Å². The highest BCUT2D eigenvalue weighted by Gasteiger charge is 2.27. The number of hydrogen-bond donors (Lipinski definition) is 2. The first kappa shape index (κ1) is 14.2. The molecule has 4 nitrogen and oxygen atoms in total. The highest BCUT2D eigenvalue weighted by atomic mass is 16.4. The molecule has 0 radical (unpaired) electrons. The molecule has 0 fully saturated rings. The quantitative estimate of drug-likeness (QED) is 0.857. The number of amides is 1. The summed E-state index contributed by atoms with van der Waals surface area (Å²) in [6.45, 7) is 7.05. The predicted molar refractivity (Wildman–Crippen MR) is 69.6 cm³/mol. The van der Waals surface area contributed by atoms with E-state index in [1.54, 1.807) is 0 Å². The number of aryl methyl sites for hydroxylation is 2. The van der Waals surface area contributed by atoms with E-state index in [4.69, 9.17) is 0 Å². The minimum Gasteiger partial charge on any atom is -0.480 e. The van der Waals surface area contributed by atoms with Gasteiger partial charge in [-0.2, -0.15) is 0 Å². The van der Waals surface area contributed by atoms with Crippen molar-refractivity contribution in [3.05, 3.63) is 34.9 Å². The summed E-state index contributed by atoms with van der Waals surface area (Å²) in [5.74, 6) is -1.62. The number of carboxylic acids is 1. The summed E-state index contributed by atoms with van der Waals surface area (Å²) >= 11 is 0. The molecule has 1 amide bonds. The third-order valence-corrected chi connectivity index (χ3v) is 3.05. The zero-order valence-electron chi connectivity index (χ0n) is 11.2. The number of rotatable bonds is 4. The average molecular weight is 249 g/mol. The average Bonchev–Trinajstić information content (AvgIpc) is 2.27. The van der Waals surface area contributed by atoms with Crippen molar-refractivity contribution in [2.24, 2.45) is 0 Å². The van der Waals surface area contributed by atoms with Crippen LogP contribution in [-0.4, -0.2) is 23.0 Å². The lowest BCUT2D eigenvalue weighted by Gasteiger charge is -2.23. The van der Waals surface area contributed by atoms with E-state index in [1.165, 1.54) is 6.92 Å². The van der Waals surface area contributed by atoms with E-state index in [9.17, 15) is 14.7 Å². The first-order valence-electron chi connectivity index (χ1n) is 5.90. The van der Waals surface area contributed by atoms with Crippen LogP contribution in [0.3, 0.4) is 0 Å². The fourth-order valence-electron chi connectivity index (χ4n) is 2.05. The topological polar surface area (TPSA) is 66.4 Å². The van der Waals surface area contributed by atoms with Crippen molar-refractivity contribution in [3.8, 4) is 0 Å². The molecule has 0 unspecified atom stereocenters. The van der Waals surface area contributed by atoms with Gasteiger partial charge in [0.2, 0.25) is 5.91 Å². The van der Waals surface area contributed by atoms with Crippen LogP contribution < -0.4 is 5.32 Å². The predicted octanol–water partition coefficient (Wildman–Crippen LogP) is 2.00. The van der Waals surface area contributed by atoms with Crippen LogP contribution in [0.4, 0.5) is 0 Å². The number of aliphatic carboxylic acids is 1. The number of nitrogens with one attached hydrogen (secondary N) is 1. The molecule has 0 aliphatic rings. The molecule has 0 saturated carbocycles. The van der Waals surface area contributed by atoms with Gasteiger partial charge >= 0.3 is 5.97 Å². The highest BCUT2D eigenvalue weighted by Crippen LogP contribution is 2.24. The van der Waals surface area contributed by atoms with E-state index < -0.39 is 12.0 Å². The summed E-state index contributed by atoms with van der Waals surface area (Å²) in [6, 6.07) is 5.02. The lowest BCUT2D eigenvalue weighted by molar-refractivity contribution is -0.142. The standard InChI is InChI=1S/C14H19NO3/c1-8-5-6-9(2)12(7-8)10(3)13(14(17)18)15-11(4)16/h5-7,10,13H,1-4H3,(H,15,16)(H,17,18)/t10-,13+/m1/s1. The molecule has 0 spiro atoms. The smallest absolute Gasteiger partial charge is 0.326 e. The van der Waals surface area contributed by atoms with Crippen molar-refractivity contribution < 1.29 is 14.7 Å². The van der Waals surface area contributed by atoms with Gasteiger partial charge in [0.25, 0.3) is 0 Å². The molecule has 1 aromatic rings. The van der Waals surface area contributed by atoms with Crippen LogP contribution in [-0.2, 0) is 9.59 Å². The molecule has 0 bridgehead atoms. The molecule has 0 aliphatic carbocycles. The molecule has 2 N–H and O–H groups in total. The fraction of sp³-hybridized carbons (Fsp3) is 0.429. The molecule has 1 rings (SSSR count). The van der Waals surface area contributed by atoms with Gasteiger partial charge in [-0.3, -0.25) is 4.79 Å². The second kappa shape index (κ2) is 5.67. The lowest BCUT2D eigenvalue weighted by Crippen LogP contribution is -2.43. The second-order valence-electron chi connectivity index (χ2n) is 4.67. The van der Waals surface area contributed by atoms with E-state index in [0.29, 0.717) is 0 Å². The summed E-state index contributed by atoms with van der Waals surface area (Å²) < 4.78 is 0. The number of carboxylic acid groups (broad SMARTS) is 1. The Hall–Kier alpha value is -1.84. The number of benzene rings is 1. The van der Waals surface area contributed by atoms with Gasteiger partial charge in [-0.25, -0.2) is 4.79 Å². The summed E-state index contributed by atoms with van der Waals surface area (Å²) in [4.78, 5) is 22.3. The van der Waals surface area contributed by atoms with E-state index in [2.05, 4.69) is 5.32 Å². The minimum absolute atomic E-state index is 0.272. The third-order valence-electron chi connectivity index (χ3n) is 3.05. The zero-order valence-corrected chi connectivity index (χ0v) is 11.2. The lowest BCUT2D eigenvalue weighted by atomic mass is 9.89. The Kier molecular flexibility index (Phi) is 4.48. The second-order valence-corrected chi connectivity index (χ2v) is 4.67. The molecule has 1 aromatic carbocycles. The van der Waals surface area contributed by atoms with Gasteiger partial charge in [0.05, 0.1) is 0 Å². The van der Waals surface area contributed by atoms with Crippen molar-refractivity contribution in [1.29, 1.82) is 0 Å². The minimum atomic E-state index is -1.02. The normalized spacial score (nSPS) is 13.8. The van der Waals surface area contributed by atoms with Crippen LogP contribution in [0, 0.1) is 13.8 Å². The van der Waals surface area contributed by atoms with Gasteiger partial charge < -0.3 is 10.4 Å². The molecular formula is C14H19NO3. The first-order chi connectivity index (χ1) is 8.32. The Bertz CT molecular complexity index is 468. The monoisotopic (exact) mass is 249 g/mol. The molecule has 98 valence electrons. The van der Waals surface area contributed by atoms with Crippen LogP contribution in [0.2, 0.25) is 0 Å². The Balaban J connectivity index is 3.08. The van der Waals surface area contributed by atoms with E-state index in [1.807, 2.05) is 39.0 Å². The Labute approximate surface area is 107 Å². The Morgan fingerprint density at radius 3 is 2.39 bits per heavy atom. The molecule has 0 saturated heterocycles. The summed E-state index contributed by atoms with van der Waals surface area (Å²) in [5.41, 5.74) is 3.07. The molecule has 0 heterocycles. The van der Waals surface area contributed by atoms with Crippen LogP contribution in [0.1, 0.15) is 36.5 Å². The van der Waals surface area contributed by atoms with Gasteiger partial charge in [-0.15, -0.1) is 0 Å². The van der Waals surface area contributed by atoms with Gasteiger partial charge in [-0.05, 0) is 25.0 Å². The SMILES string of the molecule is CC(=O)N[C@H](C(=O)O)[C@H](C)c1cc(C)ccc1C. The summed E-state index contributed by atoms with van der Waals surface area (Å²) in [7, 11) is 0. The van der Waals surface area contributed by atoms with Gasteiger partial charge in [0, 0.05) is 12.8 Å². The molecule has 0 aliphatic heterocycles. The Morgan fingerprint density at radius 1 is 1.28 bits per heavy atom. The number of hydrogen-bond acceptors (Lipinski definition) is 2. The van der Waals surface area contributed by atoms with Gasteiger partial charge in [0.1, 0.15) is 6.04 Å². The maximum Gasteiger partial charge on any atom is 0.326 e. The molecule has 0 aromatic heterocycles. The van der Waals surface area contributed by atoms with Crippen LogP contribution in [0.15, 0.2) is 18.2 Å². The number of carbonyl (C=O) groups excluding carboxylic acids is 1. The van der Waals surface area contributed by atoms with Crippen molar-refractivity contribution >= 4 is 11.9 Å². The molecule has 18 heavy (non-hydrogen) atoms. The van der Waals surface area contributed by atoms with Crippen molar-refractivity contribution in [2.75, 3.05) is 0 Å². The van der Waals surface area contributed by atoms with Gasteiger partial charge in [-0.1, -0.05) is 30.7 Å². The summed E-state index contributed by atoms with van der Waals surface area (Å²) in [5, 5.41) is 11.7. The molecule has 4 heteroatoms. The van der Waals surface area contributed by atoms with E-state index in [0.717, 1.165) is 16.7 Å². The maximum absolute atomic E-state index is 11.2. The Morgan fingerprint density at radius 2 is 1.89 bits per heavy atom. The fourth-order valence-corrected chi connectivity index (χ4v) is 2.05. The summed E-state index contributed by atoms with van der Waals surface area (Å²) in [6.07, 6.45) is 0. The third kappa shape index (κ3) is 3.32. The van der Waals surface area contributed by atoms with Crippen LogP contribution in [0.5, 0.6) is 0 Å². The highest BCUT2D eigenvalue weighted by molar-refractivity contribution is 5.83. The maximum atomic E-state index is 11.2. The number of carbonyl (C=O) groups is 2. The molecular weight excluding hydrogens is 230 g/mol. The van der Waals surface area contributed by atoms with E-state index >= 15 is 0 Å². The van der Waals surface area contributed by atoms with Gasteiger partial charge in [0.15, 0.2) is 0 Å². The largest absolute Gasteiger partial charge is 0.480 e. The first-order valence-corrected chi connectivity index (χ1v) is 5.90. The van der Waals surface area contributed by atoms with Crippen LogP contribution >= 0.6 is 0 Å². The molecule has 2 atom stereocenters. The van der Waals surface area contributed by atoms with Crippen molar-refractivity contribution in [2.45, 2.75) is 39.7 Å². The van der Waals surface area contributed by atoms with Crippen molar-refractivity contribution in [3.63, 3.8) is 0 Å². The zero-order chi connectivity index (χ0) is 13.9. The van der Waals surface area contributed by atoms with Crippen molar-refractivity contribution in [1.82, 2.24) is 5.32 Å².